The van der Waals surface area contributed by atoms with E-state index in [1.165, 1.54) is 0 Å². The van der Waals surface area contributed by atoms with Crippen molar-refractivity contribution in [1.29, 1.82) is 0 Å². The van der Waals surface area contributed by atoms with E-state index in [1.807, 2.05) is 12.1 Å². The van der Waals surface area contributed by atoms with Crippen LogP contribution in [0.3, 0.4) is 0 Å². The highest BCUT2D eigenvalue weighted by molar-refractivity contribution is 6.43. The summed E-state index contributed by atoms with van der Waals surface area (Å²) in [5.41, 5.74) is 8.31. The van der Waals surface area contributed by atoms with Crippen LogP contribution in [0.4, 0.5) is 11.4 Å². The minimum Gasteiger partial charge on any atom is -0.330 e. The van der Waals surface area contributed by atoms with Gasteiger partial charge in [0, 0.05) is 5.69 Å². The van der Waals surface area contributed by atoms with Gasteiger partial charge >= 0.3 is 11.8 Å². The number of pyridine rings is 1. The summed E-state index contributed by atoms with van der Waals surface area (Å²) in [5.74, 6) is -0.871. The summed E-state index contributed by atoms with van der Waals surface area (Å²) in [6.07, 6.45) is 3.39. The fourth-order valence-corrected chi connectivity index (χ4v) is 2.50. The Labute approximate surface area is 150 Å². The van der Waals surface area contributed by atoms with Gasteiger partial charge in [0.05, 0.1) is 11.9 Å². The zero-order valence-corrected chi connectivity index (χ0v) is 14.4. The molecule has 0 aliphatic heterocycles. The standard InChI is InChI=1S/C18H20N6O2/c1-12-20-16-9-8-15(11-24(16)23-12)22-18(26)17(25)21-14-6-4-13(5-7-14)3-2-10-19/h4-9,11H,2-3,10,19H2,1H3,(H,21,25)(H,22,26). The lowest BCUT2D eigenvalue weighted by Gasteiger charge is -2.07. The number of carbonyl (C=O) groups is 2. The monoisotopic (exact) mass is 352 g/mol. The molecular weight excluding hydrogens is 332 g/mol. The number of carbonyl (C=O) groups excluding carboxylic acids is 2. The van der Waals surface area contributed by atoms with Gasteiger partial charge in [0.1, 0.15) is 5.82 Å². The molecule has 0 spiro atoms. The van der Waals surface area contributed by atoms with Crippen LogP contribution in [0.5, 0.6) is 0 Å². The van der Waals surface area contributed by atoms with E-state index in [0.717, 1.165) is 18.4 Å². The summed E-state index contributed by atoms with van der Waals surface area (Å²) in [4.78, 5) is 28.4. The van der Waals surface area contributed by atoms with E-state index in [9.17, 15) is 9.59 Å². The third-order valence-electron chi connectivity index (χ3n) is 3.78. The van der Waals surface area contributed by atoms with E-state index in [1.54, 1.807) is 41.9 Å². The van der Waals surface area contributed by atoms with Gasteiger partial charge in [-0.2, -0.15) is 5.10 Å². The first-order chi connectivity index (χ1) is 12.5. The largest absolute Gasteiger partial charge is 0.330 e. The van der Waals surface area contributed by atoms with Gasteiger partial charge in [-0.1, -0.05) is 12.1 Å². The fourth-order valence-electron chi connectivity index (χ4n) is 2.50. The third-order valence-corrected chi connectivity index (χ3v) is 3.78. The molecular formula is C18H20N6O2. The lowest BCUT2D eigenvalue weighted by molar-refractivity contribution is -0.133. The van der Waals surface area contributed by atoms with Gasteiger partial charge in [-0.3, -0.25) is 9.59 Å². The molecule has 1 aromatic carbocycles. The Bertz CT molecular complexity index is 933. The van der Waals surface area contributed by atoms with Gasteiger partial charge in [-0.15, -0.1) is 0 Å². The quantitative estimate of drug-likeness (QED) is 0.602. The van der Waals surface area contributed by atoms with Crippen molar-refractivity contribution in [3.63, 3.8) is 0 Å². The first-order valence-corrected chi connectivity index (χ1v) is 8.29. The van der Waals surface area contributed by atoms with Gasteiger partial charge in [0.2, 0.25) is 0 Å². The first kappa shape index (κ1) is 17.6. The number of fused-ring (bicyclic) bond motifs is 1. The molecule has 4 N–H and O–H groups in total. The van der Waals surface area contributed by atoms with Gasteiger partial charge in [0.25, 0.3) is 0 Å². The molecule has 0 bridgehead atoms. The van der Waals surface area contributed by atoms with Crippen molar-refractivity contribution in [1.82, 2.24) is 14.6 Å². The van der Waals surface area contributed by atoms with Crippen molar-refractivity contribution >= 4 is 28.8 Å². The van der Waals surface area contributed by atoms with Crippen molar-refractivity contribution in [2.75, 3.05) is 17.2 Å². The molecule has 3 aromatic rings. The lowest BCUT2D eigenvalue weighted by atomic mass is 10.1. The summed E-state index contributed by atoms with van der Waals surface area (Å²) < 4.78 is 1.54. The highest BCUT2D eigenvalue weighted by Crippen LogP contribution is 2.12. The smallest absolute Gasteiger partial charge is 0.314 e. The molecule has 134 valence electrons. The highest BCUT2D eigenvalue weighted by atomic mass is 16.2. The Morgan fingerprint density at radius 3 is 2.38 bits per heavy atom. The first-order valence-electron chi connectivity index (χ1n) is 8.29. The van der Waals surface area contributed by atoms with E-state index in [2.05, 4.69) is 20.7 Å². The Kier molecular flexibility index (Phi) is 5.23. The number of nitrogens with zero attached hydrogens (tertiary/aromatic N) is 3. The number of hydrogen-bond donors (Lipinski definition) is 3. The van der Waals surface area contributed by atoms with Crippen molar-refractivity contribution in [3.8, 4) is 0 Å². The lowest BCUT2D eigenvalue weighted by Crippen LogP contribution is -2.29. The molecule has 0 radical (unpaired) electrons. The van der Waals surface area contributed by atoms with Crippen LogP contribution in [-0.4, -0.2) is 33.0 Å². The Balaban J connectivity index is 1.60. The Morgan fingerprint density at radius 1 is 1.04 bits per heavy atom. The van der Waals surface area contributed by atoms with Crippen LogP contribution in [-0.2, 0) is 16.0 Å². The number of nitrogens with one attached hydrogen (secondary N) is 2. The molecule has 2 aromatic heterocycles. The van der Waals surface area contributed by atoms with Crippen LogP contribution in [0.1, 0.15) is 17.8 Å². The second-order valence-electron chi connectivity index (χ2n) is 5.88. The van der Waals surface area contributed by atoms with E-state index >= 15 is 0 Å². The van der Waals surface area contributed by atoms with Crippen LogP contribution in [0.2, 0.25) is 0 Å². The number of aromatic nitrogens is 3. The minimum atomic E-state index is -0.756. The average Bonchev–Trinajstić information content (AvgIpc) is 3.00. The van der Waals surface area contributed by atoms with Gasteiger partial charge in [0.15, 0.2) is 5.65 Å². The molecule has 0 saturated carbocycles. The molecule has 0 saturated heterocycles. The van der Waals surface area contributed by atoms with Crippen molar-refractivity contribution in [3.05, 3.63) is 54.0 Å². The number of aryl methyl sites for hydroxylation is 2. The molecule has 3 rings (SSSR count). The maximum atomic E-state index is 12.1. The number of amides is 2. The van der Waals surface area contributed by atoms with Gasteiger partial charge in [-0.05, 0) is 56.1 Å². The number of hydrogen-bond acceptors (Lipinski definition) is 5. The van der Waals surface area contributed by atoms with Gasteiger partial charge < -0.3 is 16.4 Å². The molecule has 2 amide bonds. The topological polar surface area (TPSA) is 114 Å². The minimum absolute atomic E-state index is 0.458. The molecule has 8 heteroatoms. The molecule has 2 heterocycles. The maximum absolute atomic E-state index is 12.1. The van der Waals surface area contributed by atoms with Crippen molar-refractivity contribution < 1.29 is 9.59 Å². The van der Waals surface area contributed by atoms with E-state index in [-0.39, 0.29) is 0 Å². The molecule has 0 aliphatic rings. The van der Waals surface area contributed by atoms with Crippen LogP contribution in [0, 0.1) is 6.92 Å². The molecule has 0 atom stereocenters. The van der Waals surface area contributed by atoms with Crippen molar-refractivity contribution in [2.24, 2.45) is 5.73 Å². The normalized spacial score (nSPS) is 10.7. The second kappa shape index (κ2) is 7.75. The Morgan fingerprint density at radius 2 is 1.69 bits per heavy atom. The predicted molar refractivity (Wildman–Crippen MR) is 98.8 cm³/mol. The molecule has 8 nitrogen and oxygen atoms in total. The number of nitrogens with two attached hydrogens (primary N) is 1. The van der Waals surface area contributed by atoms with Crippen LogP contribution < -0.4 is 16.4 Å². The van der Waals surface area contributed by atoms with E-state index in [4.69, 9.17) is 5.73 Å². The predicted octanol–water partition coefficient (Wildman–Crippen LogP) is 1.51. The van der Waals surface area contributed by atoms with Crippen LogP contribution in [0.15, 0.2) is 42.6 Å². The number of benzene rings is 1. The van der Waals surface area contributed by atoms with E-state index < -0.39 is 11.8 Å². The fraction of sp³-hybridized carbons (Fsp3) is 0.222. The van der Waals surface area contributed by atoms with Crippen LogP contribution in [0.25, 0.3) is 5.65 Å². The number of rotatable bonds is 5. The summed E-state index contributed by atoms with van der Waals surface area (Å²) >= 11 is 0. The average molecular weight is 352 g/mol. The van der Waals surface area contributed by atoms with Crippen LogP contribution >= 0.6 is 0 Å². The molecule has 26 heavy (non-hydrogen) atoms. The zero-order valence-electron chi connectivity index (χ0n) is 14.4. The van der Waals surface area contributed by atoms with Crippen molar-refractivity contribution in [2.45, 2.75) is 19.8 Å². The van der Waals surface area contributed by atoms with Gasteiger partial charge in [-0.25, -0.2) is 9.50 Å². The zero-order chi connectivity index (χ0) is 18.5. The Hall–Kier alpha value is -3.26. The summed E-state index contributed by atoms with van der Waals surface area (Å²) in [6, 6.07) is 10.7. The summed E-state index contributed by atoms with van der Waals surface area (Å²) in [5, 5.41) is 9.29. The molecule has 0 fully saturated rings. The summed E-state index contributed by atoms with van der Waals surface area (Å²) in [7, 11) is 0. The highest BCUT2D eigenvalue weighted by Gasteiger charge is 2.14. The second-order valence-corrected chi connectivity index (χ2v) is 5.88. The number of anilines is 2. The third kappa shape index (κ3) is 4.22. The molecule has 0 aliphatic carbocycles. The van der Waals surface area contributed by atoms with E-state index in [0.29, 0.717) is 29.4 Å². The maximum Gasteiger partial charge on any atom is 0.314 e. The molecule has 0 unspecified atom stereocenters. The summed E-state index contributed by atoms with van der Waals surface area (Å²) in [6.45, 7) is 2.42. The SMILES string of the molecule is Cc1nc2ccc(NC(=O)C(=O)Nc3ccc(CCCN)cc3)cn2n1.